The van der Waals surface area contributed by atoms with E-state index in [2.05, 4.69) is 17.1 Å². The number of hydrogen-bond donors (Lipinski definition) is 2. The molecule has 0 aromatic carbocycles. The lowest BCUT2D eigenvalue weighted by molar-refractivity contribution is -0.143. The van der Waals surface area contributed by atoms with Crippen LogP contribution in [0.15, 0.2) is 0 Å². The van der Waals surface area contributed by atoms with E-state index in [0.717, 1.165) is 38.8 Å². The largest absolute Gasteiger partial charge is 0.481 e. The molecule has 3 atom stereocenters. The molecule has 0 saturated carbocycles. The summed E-state index contributed by atoms with van der Waals surface area (Å²) >= 11 is 0. The van der Waals surface area contributed by atoms with Crippen LogP contribution < -0.4 is 5.32 Å². The number of aliphatic carboxylic acids is 1. The number of carboxylic acids is 1. The summed E-state index contributed by atoms with van der Waals surface area (Å²) in [4.78, 5) is 25.7. The number of piperidine rings is 1. The number of nitrogens with zero attached hydrogens (tertiary/aromatic N) is 1. The van der Waals surface area contributed by atoms with Crippen LogP contribution in [-0.4, -0.2) is 47.1 Å². The highest BCUT2D eigenvalue weighted by atomic mass is 16.4. The quantitative estimate of drug-likeness (QED) is 0.808. The van der Waals surface area contributed by atoms with Gasteiger partial charge in [-0.2, -0.15) is 0 Å². The van der Waals surface area contributed by atoms with E-state index >= 15 is 0 Å². The van der Waals surface area contributed by atoms with Gasteiger partial charge < -0.3 is 15.3 Å². The van der Waals surface area contributed by atoms with Gasteiger partial charge >= 0.3 is 5.97 Å². The van der Waals surface area contributed by atoms with Crippen molar-refractivity contribution in [2.45, 2.75) is 51.1 Å². The van der Waals surface area contributed by atoms with Gasteiger partial charge in [-0.25, -0.2) is 0 Å². The SMILES string of the molecule is CC(C(=O)N1C2CCC1CC(CC(=O)O)C2)C1CNC1. The van der Waals surface area contributed by atoms with Gasteiger partial charge in [-0.15, -0.1) is 0 Å². The van der Waals surface area contributed by atoms with Gasteiger partial charge in [-0.1, -0.05) is 6.92 Å². The number of amides is 1. The topological polar surface area (TPSA) is 69.6 Å². The summed E-state index contributed by atoms with van der Waals surface area (Å²) in [6.07, 6.45) is 4.13. The molecule has 1 amide bonds. The van der Waals surface area contributed by atoms with Crippen LogP contribution in [0, 0.1) is 17.8 Å². The predicted molar refractivity (Wildman–Crippen MR) is 74.2 cm³/mol. The molecule has 0 aliphatic carbocycles. The van der Waals surface area contributed by atoms with Crippen LogP contribution in [0.4, 0.5) is 0 Å². The highest BCUT2D eigenvalue weighted by Gasteiger charge is 2.45. The number of rotatable bonds is 4. The minimum atomic E-state index is -0.705. The van der Waals surface area contributed by atoms with Crippen LogP contribution in [0.5, 0.6) is 0 Å². The third kappa shape index (κ3) is 2.43. The highest BCUT2D eigenvalue weighted by Crippen LogP contribution is 2.41. The summed E-state index contributed by atoms with van der Waals surface area (Å²) in [6, 6.07) is 0.585. The highest BCUT2D eigenvalue weighted by molar-refractivity contribution is 5.80. The Morgan fingerprint density at radius 1 is 1.25 bits per heavy atom. The van der Waals surface area contributed by atoms with Crippen LogP contribution in [0.2, 0.25) is 0 Å². The average Bonchev–Trinajstić information content (AvgIpc) is 2.57. The molecule has 0 spiro atoms. The minimum Gasteiger partial charge on any atom is -0.481 e. The fourth-order valence-corrected chi connectivity index (χ4v) is 4.16. The zero-order chi connectivity index (χ0) is 14.3. The first-order chi connectivity index (χ1) is 9.56. The molecule has 5 heteroatoms. The number of carbonyl (C=O) groups excluding carboxylic acids is 1. The van der Waals surface area contributed by atoms with Crippen molar-refractivity contribution >= 4 is 11.9 Å². The molecule has 2 bridgehead atoms. The zero-order valence-corrected chi connectivity index (χ0v) is 12.0. The second kappa shape index (κ2) is 5.35. The van der Waals surface area contributed by atoms with E-state index in [1.807, 2.05) is 0 Å². The van der Waals surface area contributed by atoms with Gasteiger partial charge in [-0.05, 0) is 50.6 Å². The molecule has 3 heterocycles. The van der Waals surface area contributed by atoms with Gasteiger partial charge in [0.1, 0.15) is 0 Å². The summed E-state index contributed by atoms with van der Waals surface area (Å²) in [6.45, 7) is 3.96. The Morgan fingerprint density at radius 2 is 1.85 bits per heavy atom. The van der Waals surface area contributed by atoms with Crippen molar-refractivity contribution in [1.29, 1.82) is 0 Å². The number of fused-ring (bicyclic) bond motifs is 2. The first kappa shape index (κ1) is 13.9. The van der Waals surface area contributed by atoms with Crippen LogP contribution in [0.3, 0.4) is 0 Å². The van der Waals surface area contributed by atoms with E-state index in [9.17, 15) is 9.59 Å². The molecule has 3 aliphatic rings. The second-order valence-corrected chi connectivity index (χ2v) is 6.77. The maximum Gasteiger partial charge on any atom is 0.303 e. The third-order valence-corrected chi connectivity index (χ3v) is 5.46. The maximum atomic E-state index is 12.7. The Hall–Kier alpha value is -1.10. The lowest BCUT2D eigenvalue weighted by Gasteiger charge is -2.42. The fraction of sp³-hybridized carbons (Fsp3) is 0.867. The Morgan fingerprint density at radius 3 is 2.30 bits per heavy atom. The summed E-state index contributed by atoms with van der Waals surface area (Å²) < 4.78 is 0. The molecule has 2 N–H and O–H groups in total. The van der Waals surface area contributed by atoms with E-state index in [1.165, 1.54) is 0 Å². The monoisotopic (exact) mass is 280 g/mol. The first-order valence-electron chi connectivity index (χ1n) is 7.81. The molecule has 3 saturated heterocycles. The van der Waals surface area contributed by atoms with Gasteiger partial charge in [0.05, 0.1) is 0 Å². The van der Waals surface area contributed by atoms with Gasteiger partial charge in [0.2, 0.25) is 5.91 Å². The number of nitrogens with one attached hydrogen (secondary N) is 1. The number of hydrogen-bond acceptors (Lipinski definition) is 3. The van der Waals surface area contributed by atoms with Crippen molar-refractivity contribution in [3.63, 3.8) is 0 Å². The fourth-order valence-electron chi connectivity index (χ4n) is 4.16. The third-order valence-electron chi connectivity index (χ3n) is 5.46. The molecule has 20 heavy (non-hydrogen) atoms. The van der Waals surface area contributed by atoms with Crippen molar-refractivity contribution in [2.24, 2.45) is 17.8 Å². The van der Waals surface area contributed by atoms with Crippen LogP contribution in [-0.2, 0) is 9.59 Å². The molecule has 0 radical (unpaired) electrons. The Labute approximate surface area is 119 Å². The summed E-state index contributed by atoms with van der Waals surface area (Å²) in [5, 5.41) is 12.2. The Balaban J connectivity index is 1.64. The number of carboxylic acid groups (broad SMARTS) is 1. The van der Waals surface area contributed by atoms with E-state index in [0.29, 0.717) is 23.9 Å². The zero-order valence-electron chi connectivity index (χ0n) is 12.0. The second-order valence-electron chi connectivity index (χ2n) is 6.77. The van der Waals surface area contributed by atoms with Crippen LogP contribution in [0.1, 0.15) is 39.0 Å². The van der Waals surface area contributed by atoms with Crippen molar-refractivity contribution < 1.29 is 14.7 Å². The molecule has 3 fully saturated rings. The average molecular weight is 280 g/mol. The molecule has 3 rings (SSSR count). The summed E-state index contributed by atoms with van der Waals surface area (Å²) in [7, 11) is 0. The van der Waals surface area contributed by atoms with Crippen LogP contribution in [0.25, 0.3) is 0 Å². The summed E-state index contributed by atoms with van der Waals surface area (Å²) in [5.41, 5.74) is 0. The Bertz CT molecular complexity index is 394. The van der Waals surface area contributed by atoms with Crippen molar-refractivity contribution in [3.8, 4) is 0 Å². The van der Waals surface area contributed by atoms with E-state index in [4.69, 9.17) is 5.11 Å². The molecule has 3 unspecified atom stereocenters. The van der Waals surface area contributed by atoms with Gasteiger partial charge in [0, 0.05) is 24.4 Å². The molecule has 112 valence electrons. The lowest BCUT2D eigenvalue weighted by Crippen LogP contribution is -2.54. The molecule has 3 aliphatic heterocycles. The molecule has 5 nitrogen and oxygen atoms in total. The van der Waals surface area contributed by atoms with Gasteiger partial charge in [0.25, 0.3) is 0 Å². The van der Waals surface area contributed by atoms with Gasteiger partial charge in [0.15, 0.2) is 0 Å². The maximum absolute atomic E-state index is 12.7. The molecule has 0 aromatic rings. The van der Waals surface area contributed by atoms with E-state index < -0.39 is 5.97 Å². The normalized spacial score (nSPS) is 34.6. The smallest absolute Gasteiger partial charge is 0.303 e. The Kier molecular flexibility index (Phi) is 3.71. The van der Waals surface area contributed by atoms with Crippen LogP contribution >= 0.6 is 0 Å². The van der Waals surface area contributed by atoms with E-state index in [1.54, 1.807) is 0 Å². The van der Waals surface area contributed by atoms with Gasteiger partial charge in [-0.3, -0.25) is 9.59 Å². The van der Waals surface area contributed by atoms with E-state index in [-0.39, 0.29) is 18.3 Å². The van der Waals surface area contributed by atoms with Crippen molar-refractivity contribution in [2.75, 3.05) is 13.1 Å². The molecular weight excluding hydrogens is 256 g/mol. The lowest BCUT2D eigenvalue weighted by atomic mass is 9.84. The standard InChI is InChI=1S/C15H24N2O3/c1-9(11-7-16-8-11)15(20)17-12-2-3-13(17)5-10(4-12)6-14(18)19/h9-13,16H,2-8H2,1H3,(H,18,19). The summed E-state index contributed by atoms with van der Waals surface area (Å²) in [5.74, 6) is 0.449. The molecule has 0 aromatic heterocycles. The van der Waals surface area contributed by atoms with Crippen molar-refractivity contribution in [1.82, 2.24) is 10.2 Å². The predicted octanol–water partition coefficient (Wildman–Crippen LogP) is 1.09. The molecular formula is C15H24N2O3. The minimum absolute atomic E-state index is 0.107. The van der Waals surface area contributed by atoms with Crippen molar-refractivity contribution in [3.05, 3.63) is 0 Å². The first-order valence-corrected chi connectivity index (χ1v) is 7.81. The number of carbonyl (C=O) groups is 2.